The smallest absolute Gasteiger partial charge is 0.0211 e. The van der Waals surface area contributed by atoms with Crippen molar-refractivity contribution >= 4 is 0 Å². The highest BCUT2D eigenvalue weighted by Crippen LogP contribution is 2.42. The molecule has 1 aromatic rings. The van der Waals surface area contributed by atoms with Crippen LogP contribution in [-0.4, -0.2) is 6.04 Å². The van der Waals surface area contributed by atoms with E-state index in [4.69, 9.17) is 0 Å². The Morgan fingerprint density at radius 1 is 1.11 bits per heavy atom. The van der Waals surface area contributed by atoms with Crippen molar-refractivity contribution in [2.24, 2.45) is 5.41 Å². The lowest BCUT2D eigenvalue weighted by Gasteiger charge is -2.39. The van der Waals surface area contributed by atoms with E-state index < -0.39 is 0 Å². The molecule has 2 aliphatic rings. The fourth-order valence-electron chi connectivity index (χ4n) is 3.59. The molecular formula is C18H27N. The zero-order chi connectivity index (χ0) is 13.3. The molecule has 1 unspecified atom stereocenters. The lowest BCUT2D eigenvalue weighted by Crippen LogP contribution is -2.43. The van der Waals surface area contributed by atoms with Crippen molar-refractivity contribution in [3.05, 3.63) is 35.4 Å². The topological polar surface area (TPSA) is 12.0 Å². The molecule has 0 aliphatic heterocycles. The van der Waals surface area contributed by atoms with E-state index >= 15 is 0 Å². The molecule has 3 rings (SSSR count). The summed E-state index contributed by atoms with van der Waals surface area (Å²) in [5.74, 6) is 0.859. The maximum atomic E-state index is 3.85. The minimum Gasteiger partial charge on any atom is -0.309 e. The Bertz CT molecular complexity index is 431. The molecule has 0 radical (unpaired) electrons. The molecule has 1 heteroatoms. The van der Waals surface area contributed by atoms with E-state index in [1.165, 1.54) is 44.1 Å². The summed E-state index contributed by atoms with van der Waals surface area (Å²) in [6, 6.07) is 9.72. The Kier molecular flexibility index (Phi) is 3.66. The van der Waals surface area contributed by atoms with Crippen LogP contribution in [0.2, 0.25) is 0 Å². The zero-order valence-corrected chi connectivity index (χ0v) is 12.4. The third kappa shape index (κ3) is 3.02. The second-order valence-electron chi connectivity index (χ2n) is 7.14. The normalized spacial score (nSPS) is 26.3. The van der Waals surface area contributed by atoms with Crippen LogP contribution in [0.4, 0.5) is 0 Å². The number of nitrogens with one attached hydrogen (secondary N) is 1. The van der Waals surface area contributed by atoms with Crippen molar-refractivity contribution in [3.63, 3.8) is 0 Å². The first kappa shape index (κ1) is 13.2. The summed E-state index contributed by atoms with van der Waals surface area (Å²) in [5.41, 5.74) is 3.60. The van der Waals surface area contributed by atoms with E-state index in [9.17, 15) is 0 Å². The monoisotopic (exact) mass is 257 g/mol. The van der Waals surface area contributed by atoms with Crippen LogP contribution in [0.15, 0.2) is 24.3 Å². The summed E-state index contributed by atoms with van der Waals surface area (Å²) in [7, 11) is 0. The Hall–Kier alpha value is -0.820. The van der Waals surface area contributed by atoms with Crippen molar-refractivity contribution in [1.29, 1.82) is 0 Å². The number of rotatable bonds is 4. The molecule has 2 aliphatic carbocycles. The van der Waals surface area contributed by atoms with Gasteiger partial charge >= 0.3 is 0 Å². The highest BCUT2D eigenvalue weighted by molar-refractivity contribution is 5.33. The van der Waals surface area contributed by atoms with Crippen LogP contribution in [0, 0.1) is 5.41 Å². The average Bonchev–Trinajstić information content (AvgIpc) is 3.22. The van der Waals surface area contributed by atoms with Crippen molar-refractivity contribution in [2.75, 3.05) is 0 Å². The first-order valence-corrected chi connectivity index (χ1v) is 7.98. The second-order valence-corrected chi connectivity index (χ2v) is 7.14. The predicted octanol–water partition coefficient (Wildman–Crippen LogP) is 4.62. The molecule has 2 saturated carbocycles. The van der Waals surface area contributed by atoms with E-state index in [2.05, 4.69) is 43.4 Å². The van der Waals surface area contributed by atoms with Crippen LogP contribution in [0.5, 0.6) is 0 Å². The Morgan fingerprint density at radius 2 is 1.89 bits per heavy atom. The van der Waals surface area contributed by atoms with Gasteiger partial charge in [-0.25, -0.2) is 0 Å². The van der Waals surface area contributed by atoms with Gasteiger partial charge in [-0.1, -0.05) is 51.0 Å². The fraction of sp³-hybridized carbons (Fsp3) is 0.667. The Balaban J connectivity index is 1.65. The van der Waals surface area contributed by atoms with E-state index in [1.807, 2.05) is 0 Å². The van der Waals surface area contributed by atoms with E-state index in [-0.39, 0.29) is 0 Å². The summed E-state index contributed by atoms with van der Waals surface area (Å²) in [4.78, 5) is 0. The average molecular weight is 257 g/mol. The molecule has 0 saturated heterocycles. The van der Waals surface area contributed by atoms with Gasteiger partial charge in [0.05, 0.1) is 0 Å². The van der Waals surface area contributed by atoms with Gasteiger partial charge in [-0.2, -0.15) is 0 Å². The molecule has 1 nitrogen and oxygen atoms in total. The van der Waals surface area contributed by atoms with Gasteiger partial charge in [-0.05, 0) is 48.1 Å². The van der Waals surface area contributed by atoms with E-state index in [1.54, 1.807) is 5.56 Å². The Labute approximate surface area is 117 Å². The van der Waals surface area contributed by atoms with Gasteiger partial charge in [0.1, 0.15) is 0 Å². The summed E-state index contributed by atoms with van der Waals surface area (Å²) in [5, 5.41) is 3.85. The predicted molar refractivity (Wildman–Crippen MR) is 81.3 cm³/mol. The van der Waals surface area contributed by atoms with Gasteiger partial charge in [0.2, 0.25) is 0 Å². The molecule has 19 heavy (non-hydrogen) atoms. The van der Waals surface area contributed by atoms with Crippen LogP contribution in [0.3, 0.4) is 0 Å². The molecule has 0 aromatic heterocycles. The van der Waals surface area contributed by atoms with Crippen molar-refractivity contribution in [3.8, 4) is 0 Å². The molecular weight excluding hydrogens is 230 g/mol. The minimum atomic E-state index is 0.465. The van der Waals surface area contributed by atoms with E-state index in [0.29, 0.717) is 11.5 Å². The van der Waals surface area contributed by atoms with Crippen molar-refractivity contribution in [1.82, 2.24) is 5.32 Å². The summed E-state index contributed by atoms with van der Waals surface area (Å²) in [6.45, 7) is 5.91. The molecule has 1 aromatic carbocycles. The summed E-state index contributed by atoms with van der Waals surface area (Å²) < 4.78 is 0. The molecule has 0 amide bonds. The highest BCUT2D eigenvalue weighted by Gasteiger charge is 2.32. The number of benzene rings is 1. The molecule has 1 atom stereocenters. The zero-order valence-electron chi connectivity index (χ0n) is 12.4. The molecule has 0 bridgehead atoms. The molecule has 2 fully saturated rings. The Morgan fingerprint density at radius 3 is 2.63 bits per heavy atom. The van der Waals surface area contributed by atoms with Crippen LogP contribution in [0.25, 0.3) is 0 Å². The lowest BCUT2D eigenvalue weighted by atomic mass is 9.73. The van der Waals surface area contributed by atoms with Gasteiger partial charge in [-0.3, -0.25) is 0 Å². The van der Waals surface area contributed by atoms with Gasteiger partial charge in [-0.15, -0.1) is 0 Å². The van der Waals surface area contributed by atoms with Crippen LogP contribution < -0.4 is 5.32 Å². The van der Waals surface area contributed by atoms with E-state index in [0.717, 1.165) is 12.5 Å². The SMILES string of the molecule is CC1(C)CCCCC1NCc1ccccc1C1CC1. The molecule has 1 N–H and O–H groups in total. The lowest BCUT2D eigenvalue weighted by molar-refractivity contribution is 0.166. The number of hydrogen-bond donors (Lipinski definition) is 1. The standard InChI is InChI=1S/C18H27N/c1-18(2)12-6-5-9-17(18)19-13-15-7-3-4-8-16(15)14-10-11-14/h3-4,7-8,14,17,19H,5-6,9-13H2,1-2H3. The molecule has 0 heterocycles. The van der Waals surface area contributed by atoms with Gasteiger partial charge in [0, 0.05) is 12.6 Å². The van der Waals surface area contributed by atoms with Crippen LogP contribution in [-0.2, 0) is 6.54 Å². The number of hydrogen-bond acceptors (Lipinski definition) is 1. The maximum Gasteiger partial charge on any atom is 0.0211 e. The van der Waals surface area contributed by atoms with Crippen molar-refractivity contribution in [2.45, 2.75) is 70.9 Å². The minimum absolute atomic E-state index is 0.465. The fourth-order valence-corrected chi connectivity index (χ4v) is 3.59. The summed E-state index contributed by atoms with van der Waals surface area (Å²) in [6.07, 6.45) is 8.31. The molecule has 0 spiro atoms. The maximum absolute atomic E-state index is 3.85. The first-order valence-electron chi connectivity index (χ1n) is 7.98. The first-order chi connectivity index (χ1) is 9.17. The largest absolute Gasteiger partial charge is 0.309 e. The van der Waals surface area contributed by atoms with Gasteiger partial charge in [0.25, 0.3) is 0 Å². The second kappa shape index (κ2) is 5.28. The van der Waals surface area contributed by atoms with Gasteiger partial charge in [0.15, 0.2) is 0 Å². The third-order valence-electron chi connectivity index (χ3n) is 5.12. The third-order valence-corrected chi connectivity index (χ3v) is 5.12. The summed E-state index contributed by atoms with van der Waals surface area (Å²) >= 11 is 0. The van der Waals surface area contributed by atoms with Crippen molar-refractivity contribution < 1.29 is 0 Å². The van der Waals surface area contributed by atoms with Crippen LogP contribution >= 0.6 is 0 Å². The molecule has 104 valence electrons. The van der Waals surface area contributed by atoms with Crippen LogP contribution in [0.1, 0.15) is 69.4 Å². The van der Waals surface area contributed by atoms with Gasteiger partial charge < -0.3 is 5.32 Å². The highest BCUT2D eigenvalue weighted by atomic mass is 14.9. The quantitative estimate of drug-likeness (QED) is 0.829.